The van der Waals surface area contributed by atoms with Gasteiger partial charge in [-0.15, -0.1) is 0 Å². The predicted molar refractivity (Wildman–Crippen MR) is 50.6 cm³/mol. The second-order valence-corrected chi connectivity index (χ2v) is 4.25. The summed E-state index contributed by atoms with van der Waals surface area (Å²) in [6.07, 6.45) is -2.83. The molecule has 0 spiro atoms. The van der Waals surface area contributed by atoms with Gasteiger partial charge in [-0.2, -0.15) is 13.2 Å². The van der Waals surface area contributed by atoms with Gasteiger partial charge < -0.3 is 10.0 Å². The molecule has 0 aliphatic carbocycles. The molecular weight excluding hydrogens is 209 g/mol. The average molecular weight is 226 g/mol. The molecule has 15 heavy (non-hydrogen) atoms. The molecule has 0 aromatic carbocycles. The molecule has 0 aromatic rings. The molecule has 90 valence electrons. The normalized spacial score (nSPS) is 29.4. The third-order valence-electron chi connectivity index (χ3n) is 2.73. The molecule has 0 saturated carbocycles. The first-order valence-electron chi connectivity index (χ1n) is 4.98. The minimum absolute atomic E-state index is 0.257. The first-order valence-corrected chi connectivity index (χ1v) is 4.98. The van der Waals surface area contributed by atoms with Crippen molar-refractivity contribution in [3.8, 4) is 0 Å². The van der Waals surface area contributed by atoms with Gasteiger partial charge in [0, 0.05) is 6.54 Å². The van der Waals surface area contributed by atoms with Crippen LogP contribution in [0.15, 0.2) is 0 Å². The van der Waals surface area contributed by atoms with Crippen LogP contribution in [0.5, 0.6) is 0 Å². The van der Waals surface area contributed by atoms with E-state index >= 15 is 0 Å². The summed E-state index contributed by atoms with van der Waals surface area (Å²) in [5.74, 6) is 0. The van der Waals surface area contributed by atoms with Gasteiger partial charge in [-0.3, -0.25) is 5.32 Å². The molecule has 1 rings (SSSR count). The molecule has 0 bridgehead atoms. The first-order chi connectivity index (χ1) is 6.87. The fraction of sp³-hybridized carbons (Fsp3) is 1.00. The van der Waals surface area contributed by atoms with Crippen LogP contribution in [0.25, 0.3) is 0 Å². The van der Waals surface area contributed by atoms with Crippen LogP contribution in [-0.2, 0) is 0 Å². The molecule has 3 nitrogen and oxygen atoms in total. The maximum Gasteiger partial charge on any atom is 0.401 e. The quantitative estimate of drug-likeness (QED) is 0.739. The number of alkyl halides is 3. The van der Waals surface area contributed by atoms with E-state index in [1.54, 1.807) is 0 Å². The van der Waals surface area contributed by atoms with E-state index in [4.69, 9.17) is 0 Å². The highest BCUT2D eigenvalue weighted by Crippen LogP contribution is 2.22. The highest BCUT2D eigenvalue weighted by Gasteiger charge is 2.37. The van der Waals surface area contributed by atoms with Crippen molar-refractivity contribution in [2.75, 3.05) is 33.3 Å². The lowest BCUT2D eigenvalue weighted by Gasteiger charge is -2.41. The molecule has 2 N–H and O–H groups in total. The van der Waals surface area contributed by atoms with Crippen molar-refractivity contribution in [3.05, 3.63) is 0 Å². The van der Waals surface area contributed by atoms with E-state index in [1.165, 1.54) is 0 Å². The van der Waals surface area contributed by atoms with E-state index in [2.05, 4.69) is 5.32 Å². The van der Waals surface area contributed by atoms with E-state index in [9.17, 15) is 18.3 Å². The summed E-state index contributed by atoms with van der Waals surface area (Å²) in [6.45, 7) is 0.0316. The van der Waals surface area contributed by atoms with E-state index in [0.717, 1.165) is 13.0 Å². The third kappa shape index (κ3) is 3.96. The minimum atomic E-state index is -4.22. The molecule has 0 radical (unpaired) electrons. The molecule has 1 fully saturated rings. The number of hydrogen-bond donors (Lipinski definition) is 2. The monoisotopic (exact) mass is 226 g/mol. The zero-order chi connectivity index (χ0) is 11.5. The molecule has 1 aliphatic rings. The van der Waals surface area contributed by atoms with Crippen LogP contribution in [0, 0.1) is 0 Å². The van der Waals surface area contributed by atoms with Crippen molar-refractivity contribution in [2.45, 2.75) is 24.6 Å². The minimum Gasteiger partial charge on any atom is -0.394 e. The first kappa shape index (κ1) is 12.7. The SMILES string of the molecule is CN1CCCC(CO)(NCC(F)(F)F)C1. The largest absolute Gasteiger partial charge is 0.401 e. The van der Waals surface area contributed by atoms with Gasteiger partial charge in [0.15, 0.2) is 0 Å². The second-order valence-electron chi connectivity index (χ2n) is 4.25. The maximum absolute atomic E-state index is 12.1. The molecule has 1 aliphatic heterocycles. The topological polar surface area (TPSA) is 35.5 Å². The summed E-state index contributed by atoms with van der Waals surface area (Å²) >= 11 is 0. The van der Waals surface area contributed by atoms with Crippen LogP contribution in [0.1, 0.15) is 12.8 Å². The Balaban J connectivity index is 2.52. The molecule has 1 saturated heterocycles. The Hall–Kier alpha value is -0.330. The Morgan fingerprint density at radius 2 is 2.13 bits per heavy atom. The third-order valence-corrected chi connectivity index (χ3v) is 2.73. The molecule has 1 heterocycles. The molecule has 6 heteroatoms. The van der Waals surface area contributed by atoms with Crippen LogP contribution in [0.4, 0.5) is 13.2 Å². The Labute approximate surface area is 87.3 Å². The zero-order valence-corrected chi connectivity index (χ0v) is 8.77. The summed E-state index contributed by atoms with van der Waals surface area (Å²) in [6, 6.07) is 0. The summed E-state index contributed by atoms with van der Waals surface area (Å²) in [5, 5.41) is 11.6. The summed E-state index contributed by atoms with van der Waals surface area (Å²) in [5.41, 5.74) is -0.789. The van der Waals surface area contributed by atoms with E-state index in [1.807, 2.05) is 11.9 Å². The molecule has 1 atom stereocenters. The lowest BCUT2D eigenvalue weighted by atomic mass is 9.90. The zero-order valence-electron chi connectivity index (χ0n) is 8.77. The highest BCUT2D eigenvalue weighted by molar-refractivity contribution is 4.93. The van der Waals surface area contributed by atoms with Gasteiger partial charge in [0.2, 0.25) is 0 Å². The lowest BCUT2D eigenvalue weighted by Crippen LogP contribution is -2.60. The summed E-state index contributed by atoms with van der Waals surface area (Å²) in [4.78, 5) is 1.93. The predicted octanol–water partition coefficient (Wildman–Crippen LogP) is 0.595. The number of rotatable bonds is 3. The number of aliphatic hydroxyl groups is 1. The number of nitrogens with zero attached hydrogens (tertiary/aromatic N) is 1. The summed E-state index contributed by atoms with van der Waals surface area (Å²) < 4.78 is 36.2. The number of likely N-dealkylation sites (N-methyl/N-ethyl adjacent to an activating group) is 1. The standard InChI is InChI=1S/C9H17F3N2O/c1-14-4-2-3-8(6-14,7-15)13-5-9(10,11)12/h13,15H,2-7H2,1H3. The van der Waals surface area contributed by atoms with Crippen molar-refractivity contribution in [1.29, 1.82) is 0 Å². The van der Waals surface area contributed by atoms with Gasteiger partial charge in [-0.25, -0.2) is 0 Å². The molecule has 0 aromatic heterocycles. The van der Waals surface area contributed by atoms with Crippen molar-refractivity contribution >= 4 is 0 Å². The molecule has 1 unspecified atom stereocenters. The van der Waals surface area contributed by atoms with Crippen LogP contribution in [-0.4, -0.2) is 55.0 Å². The van der Waals surface area contributed by atoms with Gasteiger partial charge in [0.1, 0.15) is 0 Å². The van der Waals surface area contributed by atoms with Crippen molar-refractivity contribution in [1.82, 2.24) is 10.2 Å². The van der Waals surface area contributed by atoms with Gasteiger partial charge in [0.05, 0.1) is 18.7 Å². The van der Waals surface area contributed by atoms with Gasteiger partial charge in [0.25, 0.3) is 0 Å². The van der Waals surface area contributed by atoms with E-state index in [-0.39, 0.29) is 6.61 Å². The lowest BCUT2D eigenvalue weighted by molar-refractivity contribution is -0.131. The number of hydrogen-bond acceptors (Lipinski definition) is 3. The fourth-order valence-corrected chi connectivity index (χ4v) is 1.98. The van der Waals surface area contributed by atoms with E-state index in [0.29, 0.717) is 13.0 Å². The number of halogens is 3. The van der Waals surface area contributed by atoms with Crippen molar-refractivity contribution < 1.29 is 18.3 Å². The summed E-state index contributed by atoms with van der Waals surface area (Å²) in [7, 11) is 1.85. The molecular formula is C9H17F3N2O. The number of likely N-dealkylation sites (tertiary alicyclic amines) is 1. The van der Waals surface area contributed by atoms with Crippen molar-refractivity contribution in [3.63, 3.8) is 0 Å². The molecule has 0 amide bonds. The highest BCUT2D eigenvalue weighted by atomic mass is 19.4. The Bertz CT molecular complexity index is 210. The van der Waals surface area contributed by atoms with Crippen LogP contribution < -0.4 is 5.32 Å². The number of nitrogens with one attached hydrogen (secondary N) is 1. The smallest absolute Gasteiger partial charge is 0.394 e. The number of piperidine rings is 1. The van der Waals surface area contributed by atoms with Crippen LogP contribution in [0.3, 0.4) is 0 Å². The second kappa shape index (κ2) is 4.67. The Kier molecular flexibility index (Phi) is 3.97. The van der Waals surface area contributed by atoms with Crippen LogP contribution in [0.2, 0.25) is 0 Å². The van der Waals surface area contributed by atoms with Gasteiger partial charge in [-0.05, 0) is 26.4 Å². The Morgan fingerprint density at radius 1 is 1.47 bits per heavy atom. The van der Waals surface area contributed by atoms with Gasteiger partial charge >= 0.3 is 6.18 Å². The van der Waals surface area contributed by atoms with E-state index < -0.39 is 18.3 Å². The maximum atomic E-state index is 12.1. The Morgan fingerprint density at radius 3 is 2.60 bits per heavy atom. The van der Waals surface area contributed by atoms with Crippen molar-refractivity contribution in [2.24, 2.45) is 0 Å². The van der Waals surface area contributed by atoms with Crippen LogP contribution >= 0.6 is 0 Å². The fourth-order valence-electron chi connectivity index (χ4n) is 1.98. The number of aliphatic hydroxyl groups excluding tert-OH is 1. The van der Waals surface area contributed by atoms with Gasteiger partial charge in [-0.1, -0.05) is 0 Å². The average Bonchev–Trinajstić information content (AvgIpc) is 2.14.